The Morgan fingerprint density at radius 2 is 1.50 bits per heavy atom. The van der Waals surface area contributed by atoms with E-state index >= 15 is 0 Å². The normalized spacial score (nSPS) is 14.5. The minimum Gasteiger partial charge on any atom is -0.348 e. The van der Waals surface area contributed by atoms with Gasteiger partial charge in [-0.15, -0.1) is 0 Å². The molecule has 0 aliphatic rings. The van der Waals surface area contributed by atoms with Crippen LogP contribution < -0.4 is 0 Å². The molecule has 0 saturated heterocycles. The van der Waals surface area contributed by atoms with Gasteiger partial charge in [-0.2, -0.15) is 12.2 Å². The Morgan fingerprint density at radius 1 is 1.00 bits per heavy atom. The van der Waals surface area contributed by atoms with Crippen LogP contribution in [0.3, 0.4) is 0 Å². The van der Waals surface area contributed by atoms with Crippen molar-refractivity contribution in [3.8, 4) is 0 Å². The Hall–Kier alpha value is -0.326. The first-order chi connectivity index (χ1) is 6.60. The van der Waals surface area contributed by atoms with Gasteiger partial charge in [-0.25, -0.2) is 6.08 Å². The molecule has 0 bridgehead atoms. The third-order valence-corrected chi connectivity index (χ3v) is 1.58. The van der Waals surface area contributed by atoms with E-state index in [0.29, 0.717) is 0 Å². The zero-order valence-corrected chi connectivity index (χ0v) is 12.9. The number of allylic oxidation sites excluding steroid dienone is 6. The van der Waals surface area contributed by atoms with Gasteiger partial charge in [0.25, 0.3) is 0 Å². The van der Waals surface area contributed by atoms with Crippen molar-refractivity contribution in [2.45, 2.75) is 41.5 Å². The second-order valence-corrected chi connectivity index (χ2v) is 6.10. The summed E-state index contributed by atoms with van der Waals surface area (Å²) in [6, 6.07) is 0. The van der Waals surface area contributed by atoms with Crippen LogP contribution in [0.4, 0.5) is 0 Å². The van der Waals surface area contributed by atoms with E-state index in [2.05, 4.69) is 66.7 Å². The van der Waals surface area contributed by atoms with Gasteiger partial charge in [0.15, 0.2) is 0 Å². The Bertz CT molecular complexity index is 267. The molecule has 0 aromatic heterocycles. The number of hydrogen-bond donors (Lipinski definition) is 0. The molecule has 0 amide bonds. The Kier molecular flexibility index (Phi) is 8.00. The molecule has 0 heterocycles. The van der Waals surface area contributed by atoms with Gasteiger partial charge in [-0.05, 0) is 10.8 Å². The molecule has 0 atom stereocenters. The summed E-state index contributed by atoms with van der Waals surface area (Å²) in [5.41, 5.74) is 1.39. The summed E-state index contributed by atoms with van der Waals surface area (Å²) in [7, 11) is 0. The molecule has 0 unspecified atom stereocenters. The van der Waals surface area contributed by atoms with Crippen molar-refractivity contribution in [2.75, 3.05) is 0 Å². The van der Waals surface area contributed by atoms with Crippen molar-refractivity contribution in [3.05, 3.63) is 42.9 Å². The zero-order valence-electron chi connectivity index (χ0n) is 11.5. The predicted molar refractivity (Wildman–Crippen MR) is 69.3 cm³/mol. The summed E-state index contributed by atoms with van der Waals surface area (Å²) in [6.07, 6.45) is 11.3. The van der Waals surface area contributed by atoms with Crippen LogP contribution in [0.5, 0.6) is 0 Å². The number of hydrogen-bond acceptors (Lipinski definition) is 0. The molecule has 1 radical (unpaired) electrons. The molecule has 0 aromatic rings. The van der Waals surface area contributed by atoms with E-state index in [1.54, 1.807) is 0 Å². The maximum absolute atomic E-state index is 3.95. The summed E-state index contributed by atoms with van der Waals surface area (Å²) in [5, 5.41) is 0. The summed E-state index contributed by atoms with van der Waals surface area (Å²) >= 11 is 0. The topological polar surface area (TPSA) is 0 Å². The third kappa shape index (κ3) is 13.7. The van der Waals surface area contributed by atoms with E-state index in [9.17, 15) is 0 Å². The van der Waals surface area contributed by atoms with Crippen LogP contribution in [-0.4, -0.2) is 0 Å². The first-order valence-corrected chi connectivity index (χ1v) is 5.42. The molecule has 0 nitrogen and oxygen atoms in total. The van der Waals surface area contributed by atoms with E-state index in [4.69, 9.17) is 0 Å². The van der Waals surface area contributed by atoms with Crippen LogP contribution in [-0.2, 0) is 18.6 Å². The molecule has 0 aliphatic heterocycles. The first kappa shape index (κ1) is 18.1. The minimum atomic E-state index is 0. The van der Waals surface area contributed by atoms with Crippen LogP contribution in [0, 0.1) is 23.8 Å². The summed E-state index contributed by atoms with van der Waals surface area (Å²) < 4.78 is 0. The smallest absolute Gasteiger partial charge is 0.348 e. The molecule has 0 fully saturated rings. The minimum absolute atomic E-state index is 0. The second-order valence-electron chi connectivity index (χ2n) is 6.10. The fraction of sp³-hybridized carbons (Fsp3) is 0.533. The van der Waals surface area contributed by atoms with E-state index in [1.807, 2.05) is 12.2 Å². The maximum Gasteiger partial charge on any atom is 2.00 e. The monoisotopic (exact) mass is 255 g/mol. The maximum atomic E-state index is 3.95. The SMILES string of the molecule is [CH2-]C(/C=C/C(C)(C)C)=C\[C-]=CC(C)(C)C.[V+2]. The molecular weight excluding hydrogens is 231 g/mol. The van der Waals surface area contributed by atoms with E-state index in [0.717, 1.165) is 5.57 Å². The molecule has 0 aliphatic carbocycles. The van der Waals surface area contributed by atoms with Crippen molar-refractivity contribution < 1.29 is 18.6 Å². The van der Waals surface area contributed by atoms with Gasteiger partial charge in [0.2, 0.25) is 0 Å². The van der Waals surface area contributed by atoms with Crippen molar-refractivity contribution >= 4 is 0 Å². The average molecular weight is 255 g/mol. The Balaban J connectivity index is 0. The van der Waals surface area contributed by atoms with Gasteiger partial charge in [0.05, 0.1) is 0 Å². The van der Waals surface area contributed by atoms with Gasteiger partial charge < -0.3 is 17.7 Å². The molecule has 89 valence electrons. The molecular formula is C15H24V. The van der Waals surface area contributed by atoms with Crippen molar-refractivity contribution in [1.29, 1.82) is 0 Å². The van der Waals surface area contributed by atoms with Crippen LogP contribution in [0.1, 0.15) is 41.5 Å². The van der Waals surface area contributed by atoms with Gasteiger partial charge >= 0.3 is 18.6 Å². The third-order valence-electron chi connectivity index (χ3n) is 1.58. The summed E-state index contributed by atoms with van der Waals surface area (Å²) in [5.74, 6) is 0. The van der Waals surface area contributed by atoms with Gasteiger partial charge in [-0.3, -0.25) is 6.92 Å². The fourth-order valence-corrected chi connectivity index (χ4v) is 0.804. The van der Waals surface area contributed by atoms with E-state index in [-0.39, 0.29) is 29.4 Å². The van der Waals surface area contributed by atoms with Crippen molar-refractivity contribution in [2.24, 2.45) is 10.8 Å². The molecule has 0 aromatic carbocycles. The quantitative estimate of drug-likeness (QED) is 0.493. The van der Waals surface area contributed by atoms with Gasteiger partial charge in [0, 0.05) is 0 Å². The van der Waals surface area contributed by atoms with Crippen LogP contribution in [0.25, 0.3) is 0 Å². The summed E-state index contributed by atoms with van der Waals surface area (Å²) in [6.45, 7) is 16.9. The molecule has 16 heavy (non-hydrogen) atoms. The Morgan fingerprint density at radius 3 is 1.88 bits per heavy atom. The van der Waals surface area contributed by atoms with Crippen LogP contribution in [0.15, 0.2) is 29.9 Å². The van der Waals surface area contributed by atoms with E-state index < -0.39 is 0 Å². The average Bonchev–Trinajstić information content (AvgIpc) is 1.97. The standard InChI is InChI=1S/C15H24.V/c1-13(10-12-15(5,6)7)9-8-11-14(2,3)4;/h9-12H,1H2,2-7H3;/q-2;+2/b12-10+,13-9+;. The molecule has 0 N–H and O–H groups in total. The molecule has 0 rings (SSSR count). The first-order valence-electron chi connectivity index (χ1n) is 5.42. The number of rotatable bonds is 2. The zero-order chi connectivity index (χ0) is 12.1. The van der Waals surface area contributed by atoms with Crippen LogP contribution >= 0.6 is 0 Å². The van der Waals surface area contributed by atoms with Gasteiger partial charge in [0.1, 0.15) is 0 Å². The van der Waals surface area contributed by atoms with E-state index in [1.165, 1.54) is 0 Å². The Labute approximate surface area is 114 Å². The predicted octanol–water partition coefficient (Wildman–Crippen LogP) is 4.75. The van der Waals surface area contributed by atoms with Crippen molar-refractivity contribution in [1.82, 2.24) is 0 Å². The second kappa shape index (κ2) is 7.09. The molecule has 0 spiro atoms. The largest absolute Gasteiger partial charge is 2.00 e. The van der Waals surface area contributed by atoms with Crippen molar-refractivity contribution in [3.63, 3.8) is 0 Å². The van der Waals surface area contributed by atoms with Crippen LogP contribution in [0.2, 0.25) is 0 Å². The molecule has 1 heteroatoms. The van der Waals surface area contributed by atoms with Gasteiger partial charge in [-0.1, -0.05) is 41.5 Å². The summed E-state index contributed by atoms with van der Waals surface area (Å²) in [4.78, 5) is 0. The molecule has 0 saturated carbocycles. The fourth-order valence-electron chi connectivity index (χ4n) is 0.804.